The van der Waals surface area contributed by atoms with E-state index in [2.05, 4.69) is 10.6 Å². The lowest BCUT2D eigenvalue weighted by atomic mass is 9.85. The number of benzene rings is 1. The molecular formula is C25H28ClN3O4. The molecule has 4 rings (SSSR count). The first-order valence-electron chi connectivity index (χ1n) is 11.1. The number of halogens is 1. The Morgan fingerprint density at radius 2 is 1.79 bits per heavy atom. The molecule has 1 atom stereocenters. The van der Waals surface area contributed by atoms with Crippen molar-refractivity contribution in [1.82, 2.24) is 4.90 Å². The molecule has 33 heavy (non-hydrogen) atoms. The molecule has 1 aromatic heterocycles. The van der Waals surface area contributed by atoms with E-state index in [4.69, 9.17) is 16.0 Å². The van der Waals surface area contributed by atoms with E-state index in [1.165, 1.54) is 0 Å². The van der Waals surface area contributed by atoms with E-state index < -0.39 is 10.9 Å². The number of hydrogen-bond acceptors (Lipinski definition) is 6. The first-order chi connectivity index (χ1) is 15.5. The van der Waals surface area contributed by atoms with Crippen LogP contribution in [-0.4, -0.2) is 17.4 Å². The van der Waals surface area contributed by atoms with Gasteiger partial charge in [-0.25, -0.2) is 0 Å². The fourth-order valence-electron chi connectivity index (χ4n) is 4.25. The first kappa shape index (κ1) is 23.1. The first-order valence-corrected chi connectivity index (χ1v) is 11.4. The number of carbonyl (C=O) groups excluding carboxylic acids is 1. The molecule has 1 aliphatic heterocycles. The van der Waals surface area contributed by atoms with Crippen LogP contribution in [0.5, 0.6) is 0 Å². The third-order valence-corrected chi connectivity index (χ3v) is 6.32. The SMILES string of the molecule is CCCN1Cc2c(Cl)ccc(Nc3c(N[C@@H](c4ccc(C)o4)C(C)(C)C)c(=O)c3=O)c2C1=O. The minimum atomic E-state index is -0.625. The largest absolute Gasteiger partial charge is 0.464 e. The highest BCUT2D eigenvalue weighted by atomic mass is 35.5. The molecule has 1 amide bonds. The number of aryl methyl sites for hydroxylation is 1. The molecule has 0 bridgehead atoms. The number of fused-ring (bicyclic) bond motifs is 1. The van der Waals surface area contributed by atoms with Gasteiger partial charge in [0.1, 0.15) is 22.9 Å². The molecule has 0 radical (unpaired) electrons. The maximum atomic E-state index is 13.0. The molecular weight excluding hydrogens is 442 g/mol. The number of amides is 1. The van der Waals surface area contributed by atoms with E-state index in [0.717, 1.165) is 17.7 Å². The second-order valence-electron chi connectivity index (χ2n) is 9.60. The predicted octanol–water partition coefficient (Wildman–Crippen LogP) is 5.15. The van der Waals surface area contributed by atoms with Gasteiger partial charge in [0.15, 0.2) is 0 Å². The predicted molar refractivity (Wildman–Crippen MR) is 130 cm³/mol. The number of hydrogen-bond donors (Lipinski definition) is 2. The Hall–Kier alpha value is -3.06. The van der Waals surface area contributed by atoms with Crippen molar-refractivity contribution in [3.8, 4) is 0 Å². The summed E-state index contributed by atoms with van der Waals surface area (Å²) < 4.78 is 5.81. The summed E-state index contributed by atoms with van der Waals surface area (Å²) in [7, 11) is 0. The quantitative estimate of drug-likeness (QED) is 0.465. The van der Waals surface area contributed by atoms with Gasteiger partial charge >= 0.3 is 0 Å². The zero-order chi connectivity index (χ0) is 24.1. The van der Waals surface area contributed by atoms with Crippen molar-refractivity contribution < 1.29 is 9.21 Å². The Morgan fingerprint density at radius 1 is 1.09 bits per heavy atom. The maximum absolute atomic E-state index is 13.0. The zero-order valence-corrected chi connectivity index (χ0v) is 20.2. The van der Waals surface area contributed by atoms with Crippen LogP contribution < -0.4 is 21.5 Å². The fraction of sp³-hybridized carbons (Fsp3) is 0.400. The number of nitrogens with zero attached hydrogens (tertiary/aromatic N) is 1. The van der Waals surface area contributed by atoms with Crippen LogP contribution in [0.25, 0.3) is 0 Å². The van der Waals surface area contributed by atoms with Crippen molar-refractivity contribution >= 4 is 34.6 Å². The van der Waals surface area contributed by atoms with E-state index in [-0.39, 0.29) is 28.7 Å². The summed E-state index contributed by atoms with van der Waals surface area (Å²) >= 11 is 6.36. The van der Waals surface area contributed by atoms with Crippen LogP contribution in [0.4, 0.5) is 17.1 Å². The zero-order valence-electron chi connectivity index (χ0n) is 19.5. The molecule has 2 heterocycles. The molecule has 174 valence electrons. The van der Waals surface area contributed by atoms with Gasteiger partial charge in [-0.05, 0) is 43.0 Å². The lowest BCUT2D eigenvalue weighted by molar-refractivity contribution is 0.0779. The lowest BCUT2D eigenvalue weighted by Gasteiger charge is -2.31. The molecule has 0 fully saturated rings. The van der Waals surface area contributed by atoms with E-state index in [0.29, 0.717) is 35.1 Å². The van der Waals surface area contributed by atoms with E-state index in [1.807, 2.05) is 46.8 Å². The van der Waals surface area contributed by atoms with Crippen LogP contribution in [0, 0.1) is 12.3 Å². The molecule has 3 aromatic rings. The van der Waals surface area contributed by atoms with Gasteiger partial charge in [-0.3, -0.25) is 14.4 Å². The van der Waals surface area contributed by atoms with Crippen LogP contribution in [0.2, 0.25) is 5.02 Å². The summed E-state index contributed by atoms with van der Waals surface area (Å²) in [6.07, 6.45) is 0.826. The highest BCUT2D eigenvalue weighted by Gasteiger charge is 2.35. The number of carbonyl (C=O) groups is 1. The van der Waals surface area contributed by atoms with Crippen LogP contribution in [-0.2, 0) is 6.54 Å². The Labute approximate surface area is 197 Å². The second kappa shape index (κ2) is 8.37. The van der Waals surface area contributed by atoms with Crippen molar-refractivity contribution in [3.05, 3.63) is 72.4 Å². The number of anilines is 3. The van der Waals surface area contributed by atoms with Gasteiger partial charge in [-0.15, -0.1) is 0 Å². The third kappa shape index (κ3) is 4.06. The average Bonchev–Trinajstić information content (AvgIpc) is 3.32. The molecule has 0 aliphatic carbocycles. The van der Waals surface area contributed by atoms with Gasteiger partial charge in [0.05, 0.1) is 17.3 Å². The van der Waals surface area contributed by atoms with E-state index >= 15 is 0 Å². The monoisotopic (exact) mass is 469 g/mol. The van der Waals surface area contributed by atoms with Crippen molar-refractivity contribution in [1.29, 1.82) is 0 Å². The van der Waals surface area contributed by atoms with Gasteiger partial charge < -0.3 is 20.0 Å². The standard InChI is InChI=1S/C25H28ClN3O4/c1-6-11-29-12-14-15(26)8-9-16(18(14)24(29)32)27-19-20(22(31)21(19)30)28-23(25(3,4)5)17-10-7-13(2)33-17/h7-10,23,27-28H,6,11-12H2,1-5H3/t23-/m0/s1. The Kier molecular flexibility index (Phi) is 5.86. The molecule has 0 spiro atoms. The number of rotatable bonds is 7. The molecule has 2 aromatic carbocycles. The lowest BCUT2D eigenvalue weighted by Crippen LogP contribution is -2.39. The Balaban J connectivity index is 1.69. The summed E-state index contributed by atoms with van der Waals surface area (Å²) in [5, 5.41) is 6.78. The summed E-state index contributed by atoms with van der Waals surface area (Å²) in [5.74, 6) is 1.30. The van der Waals surface area contributed by atoms with Crippen molar-refractivity contribution in [2.24, 2.45) is 5.41 Å². The number of furan rings is 1. The van der Waals surface area contributed by atoms with Crippen molar-refractivity contribution in [3.63, 3.8) is 0 Å². The molecule has 1 aliphatic rings. The van der Waals surface area contributed by atoms with Gasteiger partial charge in [-0.2, -0.15) is 0 Å². The molecule has 8 heteroatoms. The smallest absolute Gasteiger partial charge is 0.256 e. The highest BCUT2D eigenvalue weighted by Crippen LogP contribution is 2.39. The summed E-state index contributed by atoms with van der Waals surface area (Å²) in [6, 6.07) is 6.76. The Bertz CT molecular complexity index is 1290. The normalized spacial score (nSPS) is 14.6. The van der Waals surface area contributed by atoms with Crippen LogP contribution in [0.1, 0.15) is 67.6 Å². The minimum Gasteiger partial charge on any atom is -0.464 e. The maximum Gasteiger partial charge on any atom is 0.256 e. The minimum absolute atomic E-state index is 0.135. The molecule has 0 saturated carbocycles. The van der Waals surface area contributed by atoms with Crippen molar-refractivity contribution in [2.45, 2.75) is 53.6 Å². The van der Waals surface area contributed by atoms with Crippen LogP contribution >= 0.6 is 11.6 Å². The van der Waals surface area contributed by atoms with Crippen molar-refractivity contribution in [2.75, 3.05) is 17.2 Å². The molecule has 2 N–H and O–H groups in total. The number of nitrogens with one attached hydrogen (secondary N) is 2. The molecule has 0 unspecified atom stereocenters. The van der Waals surface area contributed by atoms with Gasteiger partial charge in [0.2, 0.25) is 0 Å². The van der Waals surface area contributed by atoms with Gasteiger partial charge in [0.25, 0.3) is 16.8 Å². The average molecular weight is 470 g/mol. The van der Waals surface area contributed by atoms with Crippen LogP contribution in [0.15, 0.2) is 38.3 Å². The molecule has 0 saturated heterocycles. The van der Waals surface area contributed by atoms with E-state index in [1.54, 1.807) is 17.0 Å². The Morgan fingerprint density at radius 3 is 2.39 bits per heavy atom. The second-order valence-corrected chi connectivity index (χ2v) is 10.0. The van der Waals surface area contributed by atoms with E-state index in [9.17, 15) is 14.4 Å². The summed E-state index contributed by atoms with van der Waals surface area (Å²) in [5.41, 5.74) is 0.446. The van der Waals surface area contributed by atoms with Crippen LogP contribution in [0.3, 0.4) is 0 Å². The van der Waals surface area contributed by atoms with Gasteiger partial charge in [-0.1, -0.05) is 39.3 Å². The molecule has 7 nitrogen and oxygen atoms in total. The third-order valence-electron chi connectivity index (χ3n) is 5.97. The highest BCUT2D eigenvalue weighted by molar-refractivity contribution is 6.32. The summed E-state index contributed by atoms with van der Waals surface area (Å²) in [6.45, 7) is 11.0. The fourth-order valence-corrected chi connectivity index (χ4v) is 4.46. The van der Waals surface area contributed by atoms with Gasteiger partial charge in [0, 0.05) is 23.7 Å². The summed E-state index contributed by atoms with van der Waals surface area (Å²) in [4.78, 5) is 39.8. The topological polar surface area (TPSA) is 91.7 Å².